The molecule has 0 bridgehead atoms. The number of phosphoric acid groups is 2. The number of aliphatic imine (C=N–C) groups is 1. The van der Waals surface area contributed by atoms with E-state index in [4.69, 9.17) is 24.6 Å². The van der Waals surface area contributed by atoms with Gasteiger partial charge in [-0.3, -0.25) is 15.2 Å². The number of amidine groups is 1. The molecule has 0 aromatic carbocycles. The summed E-state index contributed by atoms with van der Waals surface area (Å²) in [5.74, 6) is -3.42. The lowest BCUT2D eigenvalue weighted by Gasteiger charge is -2.30. The highest BCUT2D eigenvalue weighted by atomic mass is 31.3. The molecular weight excluding hydrogens is 419 g/mol. The summed E-state index contributed by atoms with van der Waals surface area (Å²) < 4.78 is 49.2. The molecule has 154 valence electrons. The van der Waals surface area contributed by atoms with Crippen LogP contribution in [0.4, 0.5) is 4.39 Å². The fourth-order valence-electron chi connectivity index (χ4n) is 2.18. The first-order chi connectivity index (χ1) is 12.3. The van der Waals surface area contributed by atoms with Gasteiger partial charge in [0.15, 0.2) is 12.1 Å². The Hall–Kier alpha value is -1.22. The summed E-state index contributed by atoms with van der Waals surface area (Å²) in [5, 5.41) is 28.6. The fourth-order valence-corrected chi connectivity index (χ4v) is 3.79. The fraction of sp³-hybridized carbons (Fsp3) is 0.500. The van der Waals surface area contributed by atoms with Crippen molar-refractivity contribution in [2.75, 3.05) is 6.61 Å². The molecule has 2 aliphatic heterocycles. The number of hydroxylamine groups is 1. The third kappa shape index (κ3) is 5.19. The van der Waals surface area contributed by atoms with Crippen LogP contribution in [-0.4, -0.2) is 71.7 Å². The smallest absolute Gasteiger partial charge is 0.385 e. The number of hydrogen-bond acceptors (Lipinski definition) is 11. The number of aliphatic hydroxyl groups is 2. The van der Waals surface area contributed by atoms with Gasteiger partial charge in [-0.05, 0) is 6.08 Å². The van der Waals surface area contributed by atoms with Crippen LogP contribution in [0.2, 0.25) is 0 Å². The minimum atomic E-state index is -5.43. The molecular formula is C10H16FN3O11P2. The Morgan fingerprint density at radius 2 is 2.04 bits per heavy atom. The lowest BCUT2D eigenvalue weighted by atomic mass is 10.1. The van der Waals surface area contributed by atoms with Gasteiger partial charge in [-0.2, -0.15) is 4.31 Å². The molecule has 0 aromatic rings. The van der Waals surface area contributed by atoms with Crippen molar-refractivity contribution in [3.05, 3.63) is 24.7 Å². The number of nitrogens with zero attached hydrogens (tertiary/aromatic N) is 2. The molecule has 0 saturated carbocycles. The van der Waals surface area contributed by atoms with Crippen LogP contribution in [0.3, 0.4) is 0 Å². The minimum Gasteiger partial charge on any atom is -0.385 e. The first kappa shape index (κ1) is 22.1. The third-order valence-electron chi connectivity index (χ3n) is 3.34. The van der Waals surface area contributed by atoms with Crippen molar-refractivity contribution in [3.63, 3.8) is 0 Å². The molecule has 0 radical (unpaired) electrons. The van der Waals surface area contributed by atoms with E-state index in [0.717, 1.165) is 4.90 Å². The van der Waals surface area contributed by atoms with Crippen LogP contribution in [0.1, 0.15) is 0 Å². The number of nitrogens with one attached hydrogen (secondary N) is 1. The number of rotatable bonds is 6. The molecule has 0 aliphatic carbocycles. The first-order valence-electron chi connectivity index (χ1n) is 6.89. The maximum atomic E-state index is 14.8. The zero-order valence-electron chi connectivity index (χ0n) is 13.2. The Labute approximate surface area is 150 Å². The monoisotopic (exact) mass is 435 g/mol. The average Bonchev–Trinajstić information content (AvgIpc) is 2.76. The summed E-state index contributed by atoms with van der Waals surface area (Å²) in [5.41, 5.74) is 1.73. The maximum Gasteiger partial charge on any atom is 0.481 e. The number of halogens is 1. The Kier molecular flexibility index (Phi) is 6.26. The van der Waals surface area contributed by atoms with Crippen LogP contribution in [0.25, 0.3) is 0 Å². The van der Waals surface area contributed by atoms with E-state index in [1.54, 1.807) is 5.48 Å². The number of ether oxygens (including phenoxy) is 1. The molecule has 7 N–H and O–H groups in total. The molecule has 0 spiro atoms. The molecule has 2 heterocycles. The summed E-state index contributed by atoms with van der Waals surface area (Å²) in [6.45, 7) is 1.97. The van der Waals surface area contributed by atoms with Crippen molar-refractivity contribution in [2.45, 2.75) is 24.3 Å². The van der Waals surface area contributed by atoms with Crippen molar-refractivity contribution in [2.24, 2.45) is 4.99 Å². The van der Waals surface area contributed by atoms with Crippen LogP contribution in [-0.2, 0) is 22.7 Å². The van der Waals surface area contributed by atoms with Crippen LogP contribution in [0.15, 0.2) is 29.7 Å². The molecule has 1 unspecified atom stereocenters. The lowest BCUT2D eigenvalue weighted by molar-refractivity contribution is -0.207. The van der Waals surface area contributed by atoms with Gasteiger partial charge < -0.3 is 34.5 Å². The topological polar surface area (TPSA) is 211 Å². The predicted molar refractivity (Wildman–Crippen MR) is 82.1 cm³/mol. The SMILES string of the molecule is C=C1N=C(NO)C=CN1[C@@H]1O[C@](F)(COP(=O)(O)OP(=O)(O)O)[C@@H](O)[C@H]1O. The van der Waals surface area contributed by atoms with E-state index < -0.39 is 46.5 Å². The Morgan fingerprint density at radius 3 is 2.56 bits per heavy atom. The van der Waals surface area contributed by atoms with Crippen molar-refractivity contribution >= 4 is 21.5 Å². The quantitative estimate of drug-likeness (QED) is 0.190. The molecule has 1 fully saturated rings. The van der Waals surface area contributed by atoms with Crippen LogP contribution >= 0.6 is 15.6 Å². The van der Waals surface area contributed by atoms with E-state index in [-0.39, 0.29) is 11.7 Å². The van der Waals surface area contributed by atoms with Crippen molar-refractivity contribution in [1.29, 1.82) is 0 Å². The number of alkyl halides is 1. The van der Waals surface area contributed by atoms with Gasteiger partial charge in [0.25, 0.3) is 5.85 Å². The van der Waals surface area contributed by atoms with Gasteiger partial charge in [0.2, 0.25) is 0 Å². The number of aliphatic hydroxyl groups excluding tert-OH is 2. The van der Waals surface area contributed by atoms with E-state index in [1.807, 2.05) is 0 Å². The minimum absolute atomic E-state index is 0.0325. The Morgan fingerprint density at radius 1 is 1.41 bits per heavy atom. The summed E-state index contributed by atoms with van der Waals surface area (Å²) in [7, 11) is -10.8. The van der Waals surface area contributed by atoms with Crippen LogP contribution in [0.5, 0.6) is 0 Å². The van der Waals surface area contributed by atoms with Gasteiger partial charge in [-0.1, -0.05) is 6.58 Å². The Bertz CT molecular complexity index is 757. The normalized spacial score (nSPS) is 33.7. The van der Waals surface area contributed by atoms with Gasteiger partial charge in [0, 0.05) is 6.20 Å². The zero-order chi connectivity index (χ0) is 20.6. The highest BCUT2D eigenvalue weighted by Crippen LogP contribution is 2.58. The second kappa shape index (κ2) is 7.66. The molecule has 0 amide bonds. The van der Waals surface area contributed by atoms with Gasteiger partial charge in [0.1, 0.15) is 24.6 Å². The molecule has 0 aromatic heterocycles. The second-order valence-electron chi connectivity index (χ2n) is 5.29. The summed E-state index contributed by atoms with van der Waals surface area (Å²) in [6, 6.07) is 0. The van der Waals surface area contributed by atoms with Crippen LogP contribution < -0.4 is 5.48 Å². The standard InChI is InChI=1S/C10H16FN3O11P2/c1-5-12-6(13-17)2-3-14(5)9-7(15)8(16)10(11,24-9)4-23-27(21,22)25-26(18,19)20/h2-3,7-9,15-17H,1,4H2,(H,12,13)(H,21,22)(H2,18,19,20)/t7-,8+,9-,10-/m1/s1. The highest BCUT2D eigenvalue weighted by Gasteiger charge is 2.58. The van der Waals surface area contributed by atoms with E-state index in [0.29, 0.717) is 0 Å². The zero-order valence-corrected chi connectivity index (χ0v) is 15.0. The van der Waals surface area contributed by atoms with Gasteiger partial charge in [-0.15, -0.1) is 0 Å². The van der Waals surface area contributed by atoms with E-state index >= 15 is 0 Å². The number of hydrogen-bond donors (Lipinski definition) is 7. The summed E-state index contributed by atoms with van der Waals surface area (Å²) in [6.07, 6.45) is -3.45. The van der Waals surface area contributed by atoms with Crippen LogP contribution in [0, 0.1) is 0 Å². The maximum absolute atomic E-state index is 14.8. The molecule has 2 rings (SSSR count). The van der Waals surface area contributed by atoms with Crippen molar-refractivity contribution in [1.82, 2.24) is 10.4 Å². The summed E-state index contributed by atoms with van der Waals surface area (Å²) >= 11 is 0. The van der Waals surface area contributed by atoms with Gasteiger partial charge in [-0.25, -0.2) is 18.5 Å². The highest BCUT2D eigenvalue weighted by molar-refractivity contribution is 7.60. The second-order valence-corrected chi connectivity index (χ2v) is 8.12. The molecule has 5 atom stereocenters. The molecule has 2 aliphatic rings. The van der Waals surface area contributed by atoms with Gasteiger partial charge >= 0.3 is 15.6 Å². The molecule has 17 heteroatoms. The molecule has 14 nitrogen and oxygen atoms in total. The van der Waals surface area contributed by atoms with E-state index in [1.165, 1.54) is 12.3 Å². The largest absolute Gasteiger partial charge is 0.481 e. The van der Waals surface area contributed by atoms with Crippen molar-refractivity contribution in [3.8, 4) is 0 Å². The third-order valence-corrected chi connectivity index (χ3v) is 5.47. The average molecular weight is 435 g/mol. The van der Waals surface area contributed by atoms with Gasteiger partial charge in [0.05, 0.1) is 0 Å². The summed E-state index contributed by atoms with van der Waals surface area (Å²) in [4.78, 5) is 30.9. The number of phosphoric ester groups is 1. The van der Waals surface area contributed by atoms with Crippen molar-refractivity contribution < 1.29 is 57.2 Å². The lowest BCUT2D eigenvalue weighted by Crippen LogP contribution is -2.43. The molecule has 1 saturated heterocycles. The first-order valence-corrected chi connectivity index (χ1v) is 9.92. The van der Waals surface area contributed by atoms with E-state index in [2.05, 4.69) is 20.4 Å². The Balaban J connectivity index is 2.10. The van der Waals surface area contributed by atoms with E-state index in [9.17, 15) is 23.7 Å². The molecule has 27 heavy (non-hydrogen) atoms. The predicted octanol–water partition coefficient (Wildman–Crippen LogP) is -1.37.